The molecule has 0 saturated carbocycles. The normalized spacial score (nSPS) is 12.3. The molecule has 0 aliphatic rings. The Morgan fingerprint density at radius 1 is 1.25 bits per heavy atom. The number of hydrogen-bond donors (Lipinski definition) is 1. The zero-order valence-corrected chi connectivity index (χ0v) is 12.1. The Labute approximate surface area is 120 Å². The third-order valence-electron chi connectivity index (χ3n) is 3.30. The van der Waals surface area contributed by atoms with Crippen LogP contribution in [0.15, 0.2) is 36.8 Å². The SMILES string of the molecule is CCCn1cncc1COc1ccc([C@H](O)CC)cc1. The number of benzene rings is 1. The first kappa shape index (κ1) is 14.6. The van der Waals surface area contributed by atoms with Gasteiger partial charge in [0.15, 0.2) is 0 Å². The molecule has 0 unspecified atom stereocenters. The molecule has 2 rings (SSSR count). The van der Waals surface area contributed by atoms with Gasteiger partial charge in [-0.15, -0.1) is 0 Å². The first-order valence-electron chi connectivity index (χ1n) is 7.14. The van der Waals surface area contributed by atoms with Gasteiger partial charge in [0, 0.05) is 6.54 Å². The van der Waals surface area contributed by atoms with Crippen LogP contribution in [0.25, 0.3) is 0 Å². The van der Waals surface area contributed by atoms with E-state index in [4.69, 9.17) is 4.74 Å². The highest BCUT2D eigenvalue weighted by molar-refractivity contribution is 5.28. The largest absolute Gasteiger partial charge is 0.487 e. The van der Waals surface area contributed by atoms with E-state index in [9.17, 15) is 5.11 Å². The molecule has 1 atom stereocenters. The summed E-state index contributed by atoms with van der Waals surface area (Å²) in [5.74, 6) is 0.807. The van der Waals surface area contributed by atoms with Crippen molar-refractivity contribution < 1.29 is 9.84 Å². The molecule has 0 amide bonds. The summed E-state index contributed by atoms with van der Waals surface area (Å²) in [5, 5.41) is 9.74. The third-order valence-corrected chi connectivity index (χ3v) is 3.30. The van der Waals surface area contributed by atoms with Crippen LogP contribution in [0.5, 0.6) is 5.75 Å². The minimum atomic E-state index is -0.393. The van der Waals surface area contributed by atoms with Crippen molar-refractivity contribution >= 4 is 0 Å². The van der Waals surface area contributed by atoms with Crippen LogP contribution in [-0.2, 0) is 13.2 Å². The number of aryl methyl sites for hydroxylation is 1. The van der Waals surface area contributed by atoms with E-state index < -0.39 is 6.10 Å². The van der Waals surface area contributed by atoms with Gasteiger partial charge in [0.1, 0.15) is 12.4 Å². The van der Waals surface area contributed by atoms with Crippen molar-refractivity contribution in [2.24, 2.45) is 0 Å². The van der Waals surface area contributed by atoms with E-state index in [0.29, 0.717) is 6.61 Å². The van der Waals surface area contributed by atoms with Crippen LogP contribution >= 0.6 is 0 Å². The highest BCUT2D eigenvalue weighted by Gasteiger charge is 2.05. The van der Waals surface area contributed by atoms with Crippen molar-refractivity contribution in [3.63, 3.8) is 0 Å². The lowest BCUT2D eigenvalue weighted by molar-refractivity contribution is 0.173. The van der Waals surface area contributed by atoms with Crippen molar-refractivity contribution in [1.82, 2.24) is 9.55 Å². The lowest BCUT2D eigenvalue weighted by Gasteiger charge is -2.11. The van der Waals surface area contributed by atoms with E-state index in [0.717, 1.165) is 36.4 Å². The molecular weight excluding hydrogens is 252 g/mol. The van der Waals surface area contributed by atoms with Gasteiger partial charge < -0.3 is 14.4 Å². The van der Waals surface area contributed by atoms with E-state index in [2.05, 4.69) is 16.5 Å². The predicted octanol–water partition coefficient (Wildman–Crippen LogP) is 3.32. The summed E-state index contributed by atoms with van der Waals surface area (Å²) in [6, 6.07) is 7.61. The van der Waals surface area contributed by atoms with Crippen molar-refractivity contribution in [2.75, 3.05) is 0 Å². The van der Waals surface area contributed by atoms with Crippen LogP contribution in [0.2, 0.25) is 0 Å². The summed E-state index contributed by atoms with van der Waals surface area (Å²) in [4.78, 5) is 4.15. The van der Waals surface area contributed by atoms with Crippen molar-refractivity contribution in [3.8, 4) is 5.75 Å². The second kappa shape index (κ2) is 7.10. The first-order chi connectivity index (χ1) is 9.74. The fourth-order valence-electron chi connectivity index (χ4n) is 2.09. The number of imidazole rings is 1. The Balaban J connectivity index is 1.95. The summed E-state index contributed by atoms with van der Waals surface area (Å²) in [6.07, 6.45) is 5.08. The van der Waals surface area contributed by atoms with Gasteiger partial charge in [-0.25, -0.2) is 4.98 Å². The third kappa shape index (κ3) is 3.61. The molecule has 108 valence electrons. The highest BCUT2D eigenvalue weighted by atomic mass is 16.5. The van der Waals surface area contributed by atoms with Crippen LogP contribution in [0.3, 0.4) is 0 Å². The summed E-state index contributed by atoms with van der Waals surface area (Å²) < 4.78 is 7.87. The monoisotopic (exact) mass is 274 g/mol. The number of rotatable bonds is 7. The molecule has 2 aromatic rings. The number of nitrogens with zero attached hydrogens (tertiary/aromatic N) is 2. The summed E-state index contributed by atoms with van der Waals surface area (Å²) in [7, 11) is 0. The maximum atomic E-state index is 9.74. The summed E-state index contributed by atoms with van der Waals surface area (Å²) in [6.45, 7) is 5.57. The smallest absolute Gasteiger partial charge is 0.130 e. The fraction of sp³-hybridized carbons (Fsp3) is 0.438. The standard InChI is InChI=1S/C16H22N2O2/c1-3-9-18-12-17-10-14(18)11-20-15-7-5-13(6-8-15)16(19)4-2/h5-8,10,12,16,19H,3-4,9,11H2,1-2H3/t16-/m1/s1. The Hall–Kier alpha value is -1.81. The van der Waals surface area contributed by atoms with Gasteiger partial charge in [-0.3, -0.25) is 0 Å². The van der Waals surface area contributed by atoms with Crippen LogP contribution in [0, 0.1) is 0 Å². The van der Waals surface area contributed by atoms with Crippen molar-refractivity contribution in [2.45, 2.75) is 45.9 Å². The van der Waals surface area contributed by atoms with Crippen LogP contribution in [-0.4, -0.2) is 14.7 Å². The molecule has 1 aromatic carbocycles. The van der Waals surface area contributed by atoms with Gasteiger partial charge in [-0.1, -0.05) is 26.0 Å². The average Bonchev–Trinajstić information content (AvgIpc) is 2.92. The van der Waals surface area contributed by atoms with Crippen LogP contribution < -0.4 is 4.74 Å². The molecule has 0 saturated heterocycles. The van der Waals surface area contributed by atoms with E-state index in [1.54, 1.807) is 0 Å². The maximum absolute atomic E-state index is 9.74. The molecule has 0 fully saturated rings. The van der Waals surface area contributed by atoms with Gasteiger partial charge in [0.05, 0.1) is 24.3 Å². The van der Waals surface area contributed by atoms with Crippen LogP contribution in [0.4, 0.5) is 0 Å². The summed E-state index contributed by atoms with van der Waals surface area (Å²) in [5.41, 5.74) is 2.00. The second-order valence-electron chi connectivity index (χ2n) is 4.86. The number of hydrogen-bond acceptors (Lipinski definition) is 3. The predicted molar refractivity (Wildman–Crippen MR) is 78.5 cm³/mol. The van der Waals surface area contributed by atoms with Gasteiger partial charge in [0.2, 0.25) is 0 Å². The van der Waals surface area contributed by atoms with Gasteiger partial charge >= 0.3 is 0 Å². The molecule has 1 heterocycles. The number of aliphatic hydroxyl groups excluding tert-OH is 1. The molecule has 1 N–H and O–H groups in total. The zero-order valence-electron chi connectivity index (χ0n) is 12.1. The van der Waals surface area contributed by atoms with E-state index in [1.807, 2.05) is 43.7 Å². The zero-order chi connectivity index (χ0) is 14.4. The Kier molecular flexibility index (Phi) is 5.18. The lowest BCUT2D eigenvalue weighted by Crippen LogP contribution is -2.05. The lowest BCUT2D eigenvalue weighted by atomic mass is 10.1. The minimum Gasteiger partial charge on any atom is -0.487 e. The van der Waals surface area contributed by atoms with Crippen molar-refractivity contribution in [1.29, 1.82) is 0 Å². The quantitative estimate of drug-likeness (QED) is 0.842. The number of aromatic nitrogens is 2. The van der Waals surface area contributed by atoms with E-state index in [-0.39, 0.29) is 0 Å². The molecule has 0 radical (unpaired) electrons. The fourth-order valence-corrected chi connectivity index (χ4v) is 2.09. The Morgan fingerprint density at radius 2 is 2.00 bits per heavy atom. The number of aliphatic hydroxyl groups is 1. The maximum Gasteiger partial charge on any atom is 0.130 e. The second-order valence-corrected chi connectivity index (χ2v) is 4.86. The minimum absolute atomic E-state index is 0.393. The van der Waals surface area contributed by atoms with Crippen LogP contribution in [0.1, 0.15) is 44.1 Å². The molecule has 0 aliphatic heterocycles. The average molecular weight is 274 g/mol. The molecule has 20 heavy (non-hydrogen) atoms. The molecule has 4 heteroatoms. The Bertz CT molecular complexity index is 520. The first-order valence-corrected chi connectivity index (χ1v) is 7.14. The summed E-state index contributed by atoms with van der Waals surface area (Å²) >= 11 is 0. The van der Waals surface area contributed by atoms with E-state index >= 15 is 0 Å². The molecule has 1 aromatic heterocycles. The number of ether oxygens (including phenoxy) is 1. The molecule has 4 nitrogen and oxygen atoms in total. The van der Waals surface area contributed by atoms with E-state index in [1.165, 1.54) is 0 Å². The Morgan fingerprint density at radius 3 is 2.65 bits per heavy atom. The topological polar surface area (TPSA) is 47.3 Å². The van der Waals surface area contributed by atoms with Gasteiger partial charge in [-0.2, -0.15) is 0 Å². The van der Waals surface area contributed by atoms with Crippen molar-refractivity contribution in [3.05, 3.63) is 48.0 Å². The molecule has 0 spiro atoms. The highest BCUT2D eigenvalue weighted by Crippen LogP contribution is 2.20. The van der Waals surface area contributed by atoms with Gasteiger partial charge in [-0.05, 0) is 30.5 Å². The molecular formula is C16H22N2O2. The molecule has 0 aliphatic carbocycles. The molecule has 0 bridgehead atoms. The van der Waals surface area contributed by atoms with Gasteiger partial charge in [0.25, 0.3) is 0 Å².